The zero-order valence-corrected chi connectivity index (χ0v) is 15.2. The number of carbonyl (C=O) groups excluding carboxylic acids is 1. The van der Waals surface area contributed by atoms with Gasteiger partial charge in [-0.1, -0.05) is 32.0 Å². The number of hydrogen-bond donors (Lipinski definition) is 2. The van der Waals surface area contributed by atoms with Crippen molar-refractivity contribution in [1.82, 2.24) is 15.3 Å². The number of amides is 1. The molecule has 0 spiro atoms. The molecule has 0 fully saturated rings. The maximum atomic E-state index is 12.1. The number of hydrogen-bond acceptors (Lipinski definition) is 5. The Bertz CT molecular complexity index is 555. The molecule has 0 saturated carbocycles. The second kappa shape index (κ2) is 8.86. The molecule has 0 bridgehead atoms. The highest BCUT2D eigenvalue weighted by molar-refractivity contribution is 7.98. The first-order valence-corrected chi connectivity index (χ1v) is 8.92. The number of rotatable bonds is 8. The van der Waals surface area contributed by atoms with Crippen molar-refractivity contribution in [1.29, 1.82) is 0 Å². The van der Waals surface area contributed by atoms with Crippen molar-refractivity contribution in [2.75, 3.05) is 6.26 Å². The van der Waals surface area contributed by atoms with Crippen LogP contribution >= 0.6 is 11.8 Å². The van der Waals surface area contributed by atoms with Crippen molar-refractivity contribution in [3.05, 3.63) is 17.0 Å². The molecule has 1 heterocycles. The molecular weight excluding hydrogens is 314 g/mol. The molecule has 1 aromatic rings. The van der Waals surface area contributed by atoms with Gasteiger partial charge in [0.2, 0.25) is 5.91 Å². The number of nitrogens with one attached hydrogen (secondary N) is 1. The minimum absolute atomic E-state index is 0.107. The fourth-order valence-corrected chi connectivity index (χ4v) is 2.79. The summed E-state index contributed by atoms with van der Waals surface area (Å²) in [6, 6.07) is -0.843. The van der Waals surface area contributed by atoms with E-state index >= 15 is 0 Å². The Morgan fingerprint density at radius 3 is 2.26 bits per heavy atom. The molecule has 1 amide bonds. The van der Waals surface area contributed by atoms with Gasteiger partial charge in [0.15, 0.2) is 5.16 Å². The van der Waals surface area contributed by atoms with Crippen molar-refractivity contribution >= 4 is 23.6 Å². The number of thioether (sulfide) groups is 1. The number of aliphatic carboxylic acids is 1. The van der Waals surface area contributed by atoms with Crippen LogP contribution in [-0.4, -0.2) is 39.2 Å². The van der Waals surface area contributed by atoms with Gasteiger partial charge in [-0.05, 0) is 38.0 Å². The summed E-state index contributed by atoms with van der Waals surface area (Å²) in [4.78, 5) is 32.1. The summed E-state index contributed by atoms with van der Waals surface area (Å²) < 4.78 is 0. The highest BCUT2D eigenvalue weighted by Gasteiger charge is 2.25. The Balaban J connectivity index is 2.71. The van der Waals surface area contributed by atoms with E-state index in [1.165, 1.54) is 11.8 Å². The van der Waals surface area contributed by atoms with Crippen molar-refractivity contribution < 1.29 is 14.7 Å². The number of nitrogens with zero attached hydrogens (tertiary/aromatic N) is 2. The van der Waals surface area contributed by atoms with Crippen LogP contribution in [0.25, 0.3) is 0 Å². The van der Waals surface area contributed by atoms with Crippen LogP contribution in [0.5, 0.6) is 0 Å². The molecule has 7 heteroatoms. The van der Waals surface area contributed by atoms with Crippen molar-refractivity contribution in [3.8, 4) is 0 Å². The van der Waals surface area contributed by atoms with Crippen LogP contribution in [0, 0.1) is 19.8 Å². The minimum Gasteiger partial charge on any atom is -0.480 e. The SMILES string of the molecule is CC[C@H](C)[C@H](NC(=O)CCc1c(C)nc(SC)nc1C)C(=O)O. The summed E-state index contributed by atoms with van der Waals surface area (Å²) in [6.45, 7) is 7.54. The minimum atomic E-state index is -0.993. The number of aryl methyl sites for hydroxylation is 2. The normalized spacial score (nSPS) is 13.4. The summed E-state index contributed by atoms with van der Waals surface area (Å²) >= 11 is 1.48. The van der Waals surface area contributed by atoms with Gasteiger partial charge in [-0.2, -0.15) is 0 Å². The van der Waals surface area contributed by atoms with E-state index in [1.54, 1.807) is 0 Å². The summed E-state index contributed by atoms with van der Waals surface area (Å²) in [5.74, 6) is -1.36. The molecule has 0 saturated heterocycles. The molecule has 0 unspecified atom stereocenters. The summed E-state index contributed by atoms with van der Waals surface area (Å²) in [6.07, 6.45) is 3.34. The highest BCUT2D eigenvalue weighted by Crippen LogP contribution is 2.17. The molecular formula is C16H25N3O3S. The van der Waals surface area contributed by atoms with Gasteiger partial charge in [-0.15, -0.1) is 0 Å². The van der Waals surface area contributed by atoms with E-state index < -0.39 is 12.0 Å². The van der Waals surface area contributed by atoms with Gasteiger partial charge < -0.3 is 10.4 Å². The van der Waals surface area contributed by atoms with Crippen LogP contribution in [-0.2, 0) is 16.0 Å². The molecule has 0 aliphatic rings. The molecule has 0 radical (unpaired) electrons. The Morgan fingerprint density at radius 2 is 1.83 bits per heavy atom. The van der Waals surface area contributed by atoms with E-state index in [9.17, 15) is 14.7 Å². The third-order valence-corrected chi connectivity index (χ3v) is 4.53. The molecule has 128 valence electrons. The molecule has 0 aliphatic heterocycles. The summed E-state index contributed by atoms with van der Waals surface area (Å²) in [5, 5.41) is 12.6. The fourth-order valence-electron chi connectivity index (χ4n) is 2.33. The Kier molecular flexibility index (Phi) is 7.48. The quantitative estimate of drug-likeness (QED) is 0.558. The second-order valence-electron chi connectivity index (χ2n) is 5.63. The van der Waals surface area contributed by atoms with E-state index in [1.807, 2.05) is 34.0 Å². The summed E-state index contributed by atoms with van der Waals surface area (Å²) in [5.41, 5.74) is 2.69. The lowest BCUT2D eigenvalue weighted by atomic mass is 9.99. The molecule has 1 aromatic heterocycles. The average molecular weight is 339 g/mol. The van der Waals surface area contributed by atoms with Crippen LogP contribution in [0.15, 0.2) is 5.16 Å². The third kappa shape index (κ3) is 5.49. The second-order valence-corrected chi connectivity index (χ2v) is 6.40. The standard InChI is InChI=1S/C16H25N3O3S/c1-6-9(2)14(15(21)22)19-13(20)8-7-12-10(3)17-16(23-5)18-11(12)4/h9,14H,6-8H2,1-5H3,(H,19,20)(H,21,22)/t9-,14-/m0/s1. The average Bonchev–Trinajstić information content (AvgIpc) is 2.50. The van der Waals surface area contributed by atoms with Crippen LogP contribution in [0.1, 0.15) is 43.6 Å². The van der Waals surface area contributed by atoms with E-state index in [-0.39, 0.29) is 18.2 Å². The zero-order valence-electron chi connectivity index (χ0n) is 14.3. The molecule has 1 rings (SSSR count). The lowest BCUT2D eigenvalue weighted by molar-refractivity contribution is -0.143. The molecule has 6 nitrogen and oxygen atoms in total. The maximum Gasteiger partial charge on any atom is 0.326 e. The van der Waals surface area contributed by atoms with Crippen LogP contribution in [0.4, 0.5) is 0 Å². The molecule has 2 atom stereocenters. The van der Waals surface area contributed by atoms with E-state index in [0.29, 0.717) is 12.8 Å². The van der Waals surface area contributed by atoms with Gasteiger partial charge in [0.25, 0.3) is 0 Å². The van der Waals surface area contributed by atoms with Crippen molar-refractivity contribution in [3.63, 3.8) is 0 Å². The van der Waals surface area contributed by atoms with E-state index in [2.05, 4.69) is 15.3 Å². The van der Waals surface area contributed by atoms with Gasteiger partial charge in [0, 0.05) is 17.8 Å². The van der Waals surface area contributed by atoms with Crippen molar-refractivity contribution in [2.45, 2.75) is 58.2 Å². The Hall–Kier alpha value is -1.63. The first kappa shape index (κ1) is 19.4. The molecule has 23 heavy (non-hydrogen) atoms. The number of carbonyl (C=O) groups is 2. The van der Waals surface area contributed by atoms with Gasteiger partial charge in [-0.25, -0.2) is 14.8 Å². The first-order chi connectivity index (χ1) is 10.8. The van der Waals surface area contributed by atoms with Crippen LogP contribution in [0.2, 0.25) is 0 Å². The van der Waals surface area contributed by atoms with Gasteiger partial charge in [0.05, 0.1) is 0 Å². The van der Waals surface area contributed by atoms with Gasteiger partial charge in [-0.3, -0.25) is 4.79 Å². The number of aromatic nitrogens is 2. The van der Waals surface area contributed by atoms with Crippen LogP contribution < -0.4 is 5.32 Å². The topological polar surface area (TPSA) is 92.2 Å². The number of carboxylic acids is 1. The highest BCUT2D eigenvalue weighted by atomic mass is 32.2. The van der Waals surface area contributed by atoms with Gasteiger partial charge >= 0.3 is 5.97 Å². The zero-order chi connectivity index (χ0) is 17.6. The van der Waals surface area contributed by atoms with E-state index in [0.717, 1.165) is 22.1 Å². The Morgan fingerprint density at radius 1 is 1.26 bits per heavy atom. The lowest BCUT2D eigenvalue weighted by Crippen LogP contribution is -2.45. The van der Waals surface area contributed by atoms with E-state index in [4.69, 9.17) is 0 Å². The maximum absolute atomic E-state index is 12.1. The first-order valence-electron chi connectivity index (χ1n) is 7.70. The van der Waals surface area contributed by atoms with Crippen LogP contribution in [0.3, 0.4) is 0 Å². The molecule has 2 N–H and O–H groups in total. The Labute approximate surface area is 141 Å². The molecule has 0 aromatic carbocycles. The smallest absolute Gasteiger partial charge is 0.326 e. The summed E-state index contributed by atoms with van der Waals surface area (Å²) in [7, 11) is 0. The number of carboxylic acid groups (broad SMARTS) is 1. The monoisotopic (exact) mass is 339 g/mol. The largest absolute Gasteiger partial charge is 0.480 e. The molecule has 0 aliphatic carbocycles. The predicted octanol–water partition coefficient (Wildman–Crippen LogP) is 2.36. The van der Waals surface area contributed by atoms with Crippen molar-refractivity contribution in [2.24, 2.45) is 5.92 Å². The lowest BCUT2D eigenvalue weighted by Gasteiger charge is -2.20. The van der Waals surface area contributed by atoms with Gasteiger partial charge in [0.1, 0.15) is 6.04 Å². The predicted molar refractivity (Wildman–Crippen MR) is 90.6 cm³/mol. The third-order valence-electron chi connectivity index (χ3n) is 3.98. The fraction of sp³-hybridized carbons (Fsp3) is 0.625.